The van der Waals surface area contributed by atoms with Gasteiger partial charge in [-0.1, -0.05) is 87.9 Å². The second-order valence-electron chi connectivity index (χ2n) is 6.40. The fourth-order valence-electron chi connectivity index (χ4n) is 3.38. The van der Waals surface area contributed by atoms with Gasteiger partial charge in [-0.15, -0.1) is 0 Å². The summed E-state index contributed by atoms with van der Waals surface area (Å²) in [5.74, 6) is 1.57. The van der Waals surface area contributed by atoms with Gasteiger partial charge in [0.05, 0.1) is 0 Å². The lowest BCUT2D eigenvalue weighted by Gasteiger charge is -2.25. The molecule has 1 aliphatic rings. The summed E-state index contributed by atoms with van der Waals surface area (Å²) in [6.45, 7) is 4.66. The third-order valence-electron chi connectivity index (χ3n) is 4.88. The molecule has 20 heavy (non-hydrogen) atoms. The molecule has 1 aromatic rings. The van der Waals surface area contributed by atoms with E-state index in [0.717, 1.165) is 5.92 Å². The molecule has 0 bridgehead atoms. The lowest BCUT2D eigenvalue weighted by atomic mass is 9.80. The minimum Gasteiger partial charge on any atom is -0.0844 e. The number of hydrogen-bond acceptors (Lipinski definition) is 0. The molecule has 2 rings (SSSR count). The molecule has 0 heterocycles. The van der Waals surface area contributed by atoms with E-state index in [1.54, 1.807) is 5.57 Å². The Kier molecular flexibility index (Phi) is 6.36. The molecule has 0 aliphatic heterocycles. The molecule has 0 amide bonds. The Morgan fingerprint density at radius 1 is 1.10 bits per heavy atom. The third-order valence-corrected chi connectivity index (χ3v) is 4.88. The smallest absolute Gasteiger partial charge is 0.00198 e. The van der Waals surface area contributed by atoms with Crippen molar-refractivity contribution in [2.75, 3.05) is 0 Å². The van der Waals surface area contributed by atoms with Crippen LogP contribution in [0.15, 0.2) is 42.0 Å². The SMILES string of the molecule is CCCCCCC1CC=C(C(C)c2ccccc2)CC1. The van der Waals surface area contributed by atoms with E-state index in [0.29, 0.717) is 5.92 Å². The Morgan fingerprint density at radius 3 is 2.55 bits per heavy atom. The molecule has 110 valence electrons. The fourth-order valence-corrected chi connectivity index (χ4v) is 3.38. The Labute approximate surface area is 125 Å². The minimum atomic E-state index is 0.609. The van der Waals surface area contributed by atoms with Crippen molar-refractivity contribution in [3.8, 4) is 0 Å². The maximum Gasteiger partial charge on any atom is 0.00198 e. The highest BCUT2D eigenvalue weighted by atomic mass is 14.2. The monoisotopic (exact) mass is 270 g/mol. The summed E-state index contributed by atoms with van der Waals surface area (Å²) >= 11 is 0. The number of hydrogen-bond donors (Lipinski definition) is 0. The zero-order valence-electron chi connectivity index (χ0n) is 13.3. The second kappa shape index (κ2) is 8.29. The summed E-state index contributed by atoms with van der Waals surface area (Å²) in [7, 11) is 0. The largest absolute Gasteiger partial charge is 0.0844 e. The number of allylic oxidation sites excluding steroid dienone is 2. The van der Waals surface area contributed by atoms with Crippen molar-refractivity contribution in [1.82, 2.24) is 0 Å². The van der Waals surface area contributed by atoms with E-state index in [1.807, 2.05) is 0 Å². The molecule has 1 aliphatic carbocycles. The first-order chi connectivity index (χ1) is 9.81. The summed E-state index contributed by atoms with van der Waals surface area (Å²) in [6, 6.07) is 11.0. The van der Waals surface area contributed by atoms with Gasteiger partial charge in [-0.25, -0.2) is 0 Å². The van der Waals surface area contributed by atoms with E-state index in [9.17, 15) is 0 Å². The van der Waals surface area contributed by atoms with Crippen LogP contribution in [0.2, 0.25) is 0 Å². The van der Waals surface area contributed by atoms with Crippen LogP contribution in [0.5, 0.6) is 0 Å². The van der Waals surface area contributed by atoms with Crippen molar-refractivity contribution in [1.29, 1.82) is 0 Å². The standard InChI is InChI=1S/C20H30/c1-3-4-5-7-10-18-13-15-20(16-14-18)17(2)19-11-8-6-9-12-19/h6,8-9,11-12,15,17-18H,3-5,7,10,13-14,16H2,1-2H3. The molecule has 0 fully saturated rings. The van der Waals surface area contributed by atoms with Gasteiger partial charge in [0.25, 0.3) is 0 Å². The Bertz CT molecular complexity index is 401. The first-order valence-electron chi connectivity index (χ1n) is 8.55. The highest BCUT2D eigenvalue weighted by Gasteiger charge is 2.18. The average molecular weight is 270 g/mol. The molecule has 0 N–H and O–H groups in total. The molecule has 1 aromatic carbocycles. The van der Waals surface area contributed by atoms with E-state index in [1.165, 1.54) is 56.9 Å². The molecular formula is C20H30. The third kappa shape index (κ3) is 4.51. The van der Waals surface area contributed by atoms with E-state index >= 15 is 0 Å². The second-order valence-corrected chi connectivity index (χ2v) is 6.40. The maximum atomic E-state index is 2.55. The first-order valence-corrected chi connectivity index (χ1v) is 8.55. The van der Waals surface area contributed by atoms with Gasteiger partial charge in [0.2, 0.25) is 0 Å². The van der Waals surface area contributed by atoms with Crippen LogP contribution in [-0.4, -0.2) is 0 Å². The van der Waals surface area contributed by atoms with Gasteiger partial charge in [0.1, 0.15) is 0 Å². The van der Waals surface area contributed by atoms with Crippen LogP contribution in [0.4, 0.5) is 0 Å². The van der Waals surface area contributed by atoms with Gasteiger partial charge in [-0.2, -0.15) is 0 Å². The van der Waals surface area contributed by atoms with Gasteiger partial charge < -0.3 is 0 Å². The van der Waals surface area contributed by atoms with Crippen LogP contribution in [0.25, 0.3) is 0 Å². The molecule has 0 saturated heterocycles. The molecule has 0 radical (unpaired) electrons. The van der Waals surface area contributed by atoms with Crippen molar-refractivity contribution in [2.45, 2.75) is 71.1 Å². The molecule has 2 atom stereocenters. The Morgan fingerprint density at radius 2 is 1.90 bits per heavy atom. The minimum absolute atomic E-state index is 0.609. The Hall–Kier alpha value is -1.04. The predicted octanol–water partition coefficient (Wildman–Crippen LogP) is 6.49. The van der Waals surface area contributed by atoms with Crippen molar-refractivity contribution in [3.63, 3.8) is 0 Å². The van der Waals surface area contributed by atoms with E-state index < -0.39 is 0 Å². The van der Waals surface area contributed by atoms with Crippen LogP contribution in [0.3, 0.4) is 0 Å². The summed E-state index contributed by atoms with van der Waals surface area (Å²) in [4.78, 5) is 0. The molecule has 2 unspecified atom stereocenters. The zero-order chi connectivity index (χ0) is 14.2. The summed E-state index contributed by atoms with van der Waals surface area (Å²) in [6.07, 6.45) is 13.7. The van der Waals surface area contributed by atoms with Gasteiger partial charge in [0.15, 0.2) is 0 Å². The molecule has 0 spiro atoms. The summed E-state index contributed by atoms with van der Waals surface area (Å²) < 4.78 is 0. The molecule has 0 aromatic heterocycles. The van der Waals surface area contributed by atoms with Crippen molar-refractivity contribution in [3.05, 3.63) is 47.5 Å². The van der Waals surface area contributed by atoms with Crippen molar-refractivity contribution in [2.24, 2.45) is 5.92 Å². The van der Waals surface area contributed by atoms with E-state index in [4.69, 9.17) is 0 Å². The molecule has 0 saturated carbocycles. The predicted molar refractivity (Wildman–Crippen MR) is 89.0 cm³/mol. The quantitative estimate of drug-likeness (QED) is 0.392. The fraction of sp³-hybridized carbons (Fsp3) is 0.600. The normalized spacial score (nSPS) is 20.5. The van der Waals surface area contributed by atoms with Crippen LogP contribution in [0.1, 0.15) is 76.7 Å². The van der Waals surface area contributed by atoms with E-state index in [-0.39, 0.29) is 0 Å². The highest BCUT2D eigenvalue weighted by molar-refractivity contribution is 5.28. The van der Waals surface area contributed by atoms with Gasteiger partial charge in [0, 0.05) is 5.92 Å². The molecule has 0 heteroatoms. The van der Waals surface area contributed by atoms with Crippen molar-refractivity contribution < 1.29 is 0 Å². The average Bonchev–Trinajstić information content (AvgIpc) is 2.52. The summed E-state index contributed by atoms with van der Waals surface area (Å²) in [5, 5.41) is 0. The van der Waals surface area contributed by atoms with Gasteiger partial charge in [-0.05, 0) is 30.7 Å². The lowest BCUT2D eigenvalue weighted by molar-refractivity contribution is 0.409. The lowest BCUT2D eigenvalue weighted by Crippen LogP contribution is -2.09. The number of rotatable bonds is 7. The number of benzene rings is 1. The maximum absolute atomic E-state index is 2.55. The van der Waals surface area contributed by atoms with Gasteiger partial charge in [-0.3, -0.25) is 0 Å². The zero-order valence-corrected chi connectivity index (χ0v) is 13.3. The van der Waals surface area contributed by atoms with Crippen molar-refractivity contribution >= 4 is 0 Å². The van der Waals surface area contributed by atoms with Crippen LogP contribution in [0, 0.1) is 5.92 Å². The number of unbranched alkanes of at least 4 members (excludes halogenated alkanes) is 3. The van der Waals surface area contributed by atoms with E-state index in [2.05, 4.69) is 50.3 Å². The van der Waals surface area contributed by atoms with Crippen LogP contribution < -0.4 is 0 Å². The highest BCUT2D eigenvalue weighted by Crippen LogP contribution is 2.35. The van der Waals surface area contributed by atoms with Crippen LogP contribution >= 0.6 is 0 Å². The summed E-state index contributed by atoms with van der Waals surface area (Å²) in [5.41, 5.74) is 3.14. The first kappa shape index (κ1) is 15.4. The Balaban J connectivity index is 1.80. The molecule has 0 nitrogen and oxygen atoms in total. The molecular weight excluding hydrogens is 240 g/mol. The van der Waals surface area contributed by atoms with Crippen LogP contribution in [-0.2, 0) is 0 Å². The topological polar surface area (TPSA) is 0 Å². The van der Waals surface area contributed by atoms with Gasteiger partial charge >= 0.3 is 0 Å².